The molecule has 2 N–H and O–H groups in total. The third-order valence-electron chi connectivity index (χ3n) is 4.26. The molecule has 1 aliphatic rings. The summed E-state index contributed by atoms with van der Waals surface area (Å²) in [6.07, 6.45) is 1.93. The number of amides is 1. The number of ether oxygens (including phenoxy) is 2. The summed E-state index contributed by atoms with van der Waals surface area (Å²) in [5.41, 5.74) is 0.689. The third-order valence-corrected chi connectivity index (χ3v) is 5.64. The molecule has 27 heavy (non-hydrogen) atoms. The average Bonchev–Trinajstić information content (AvgIpc) is 3.20. The highest BCUT2D eigenvalue weighted by Gasteiger charge is 2.19. The molecule has 8 heteroatoms. The highest BCUT2D eigenvalue weighted by atomic mass is 32.2. The molecule has 0 bridgehead atoms. The number of methoxy groups -OCH3 is 1. The Balaban J connectivity index is 1.69. The Bertz CT molecular complexity index is 891. The zero-order valence-corrected chi connectivity index (χ0v) is 15.8. The van der Waals surface area contributed by atoms with Gasteiger partial charge in [-0.2, -0.15) is 0 Å². The lowest BCUT2D eigenvalue weighted by atomic mass is 10.2. The number of anilines is 1. The van der Waals surface area contributed by atoms with E-state index in [0.717, 1.165) is 12.8 Å². The second kappa shape index (κ2) is 8.41. The summed E-state index contributed by atoms with van der Waals surface area (Å²) in [7, 11) is -2.28. The molecule has 2 aromatic carbocycles. The summed E-state index contributed by atoms with van der Waals surface area (Å²) in [6.45, 7) is 1.13. The fourth-order valence-corrected chi connectivity index (χ4v) is 3.90. The van der Waals surface area contributed by atoms with Crippen molar-refractivity contribution in [2.75, 3.05) is 25.0 Å². The summed E-state index contributed by atoms with van der Waals surface area (Å²) < 4.78 is 38.2. The number of benzene rings is 2. The molecule has 2 aromatic rings. The minimum atomic E-state index is -3.82. The minimum Gasteiger partial charge on any atom is -0.497 e. The standard InChI is InChI=1S/C19H22N2O5S/c1-25-16-9-7-15(8-10-16)21-27(23,24)18-6-2-4-14(12-18)19(22)20-13-17-5-3-11-26-17/h2,4,6-10,12,17,21H,3,5,11,13H2,1H3,(H,20,22)/t17-/m1/s1. The van der Waals surface area contributed by atoms with Gasteiger partial charge in [-0.1, -0.05) is 6.07 Å². The van der Waals surface area contributed by atoms with Crippen LogP contribution < -0.4 is 14.8 Å². The molecule has 0 spiro atoms. The Hall–Kier alpha value is -2.58. The number of hydrogen-bond donors (Lipinski definition) is 2. The molecule has 0 aliphatic carbocycles. The van der Waals surface area contributed by atoms with Crippen molar-refractivity contribution in [1.29, 1.82) is 0 Å². The van der Waals surface area contributed by atoms with Crippen LogP contribution in [-0.4, -0.2) is 40.7 Å². The van der Waals surface area contributed by atoms with E-state index in [4.69, 9.17) is 9.47 Å². The van der Waals surface area contributed by atoms with E-state index in [1.165, 1.54) is 19.2 Å². The number of rotatable bonds is 7. The number of carbonyl (C=O) groups excluding carboxylic acids is 1. The van der Waals surface area contributed by atoms with E-state index in [-0.39, 0.29) is 22.5 Å². The molecule has 1 saturated heterocycles. The predicted molar refractivity (Wildman–Crippen MR) is 102 cm³/mol. The maximum absolute atomic E-state index is 12.6. The topological polar surface area (TPSA) is 93.7 Å². The number of sulfonamides is 1. The number of hydrogen-bond acceptors (Lipinski definition) is 5. The normalized spacial score (nSPS) is 16.7. The van der Waals surface area contributed by atoms with Crippen molar-refractivity contribution in [3.05, 3.63) is 54.1 Å². The highest BCUT2D eigenvalue weighted by molar-refractivity contribution is 7.92. The van der Waals surface area contributed by atoms with Crippen molar-refractivity contribution in [3.63, 3.8) is 0 Å². The van der Waals surface area contributed by atoms with Crippen LogP contribution in [0.5, 0.6) is 5.75 Å². The lowest BCUT2D eigenvalue weighted by Gasteiger charge is -2.12. The molecule has 144 valence electrons. The molecule has 7 nitrogen and oxygen atoms in total. The lowest BCUT2D eigenvalue weighted by Crippen LogP contribution is -2.31. The summed E-state index contributed by atoms with van der Waals surface area (Å²) in [6, 6.07) is 12.5. The Morgan fingerprint density at radius 1 is 1.22 bits per heavy atom. The van der Waals surface area contributed by atoms with Crippen molar-refractivity contribution >= 4 is 21.6 Å². The van der Waals surface area contributed by atoms with Crippen LogP contribution in [0, 0.1) is 0 Å². The number of carbonyl (C=O) groups is 1. The van der Waals surface area contributed by atoms with Gasteiger partial charge in [-0.05, 0) is 55.3 Å². The van der Waals surface area contributed by atoms with Crippen molar-refractivity contribution < 1.29 is 22.7 Å². The SMILES string of the molecule is COc1ccc(NS(=O)(=O)c2cccc(C(=O)NC[C@H]3CCCO3)c2)cc1. The molecule has 0 radical (unpaired) electrons. The van der Waals surface area contributed by atoms with E-state index in [9.17, 15) is 13.2 Å². The van der Waals surface area contributed by atoms with Gasteiger partial charge in [0.25, 0.3) is 15.9 Å². The molecular weight excluding hydrogens is 368 g/mol. The molecule has 0 aromatic heterocycles. The van der Waals surface area contributed by atoms with Crippen LogP contribution in [0.25, 0.3) is 0 Å². The second-order valence-corrected chi connectivity index (χ2v) is 7.89. The molecular formula is C19H22N2O5S. The van der Waals surface area contributed by atoms with Gasteiger partial charge in [0.2, 0.25) is 0 Å². The van der Waals surface area contributed by atoms with Crippen LogP contribution in [0.1, 0.15) is 23.2 Å². The molecule has 0 saturated carbocycles. The predicted octanol–water partition coefficient (Wildman–Crippen LogP) is 2.40. The molecule has 1 atom stereocenters. The van der Waals surface area contributed by atoms with Gasteiger partial charge in [-0.15, -0.1) is 0 Å². The summed E-state index contributed by atoms with van der Waals surface area (Å²) in [5.74, 6) is 0.301. The van der Waals surface area contributed by atoms with E-state index in [0.29, 0.717) is 24.6 Å². The van der Waals surface area contributed by atoms with Crippen LogP contribution in [0.4, 0.5) is 5.69 Å². The maximum atomic E-state index is 12.6. The fourth-order valence-electron chi connectivity index (χ4n) is 2.79. The molecule has 1 aliphatic heterocycles. The smallest absolute Gasteiger partial charge is 0.261 e. The van der Waals surface area contributed by atoms with Crippen LogP contribution in [0.3, 0.4) is 0 Å². The third kappa shape index (κ3) is 4.99. The quantitative estimate of drug-likeness (QED) is 0.757. The van der Waals surface area contributed by atoms with E-state index >= 15 is 0 Å². The zero-order chi connectivity index (χ0) is 19.3. The first-order chi connectivity index (χ1) is 13.0. The van der Waals surface area contributed by atoms with E-state index in [2.05, 4.69) is 10.0 Å². The van der Waals surface area contributed by atoms with Gasteiger partial charge in [0.1, 0.15) is 5.75 Å². The van der Waals surface area contributed by atoms with Crippen LogP contribution in [0.2, 0.25) is 0 Å². The molecule has 3 rings (SSSR count). The monoisotopic (exact) mass is 390 g/mol. The zero-order valence-electron chi connectivity index (χ0n) is 15.0. The van der Waals surface area contributed by atoms with Crippen molar-refractivity contribution in [1.82, 2.24) is 5.32 Å². The Morgan fingerprint density at radius 3 is 2.67 bits per heavy atom. The Labute approximate surface area is 158 Å². The van der Waals surface area contributed by atoms with Gasteiger partial charge in [0.05, 0.1) is 18.1 Å². The van der Waals surface area contributed by atoms with Crippen LogP contribution >= 0.6 is 0 Å². The van der Waals surface area contributed by atoms with Gasteiger partial charge in [0.15, 0.2) is 0 Å². The van der Waals surface area contributed by atoms with Crippen molar-refractivity contribution in [2.24, 2.45) is 0 Å². The van der Waals surface area contributed by atoms with E-state index in [1.807, 2.05) is 0 Å². The van der Waals surface area contributed by atoms with Crippen molar-refractivity contribution in [3.8, 4) is 5.75 Å². The van der Waals surface area contributed by atoms with E-state index in [1.54, 1.807) is 36.4 Å². The maximum Gasteiger partial charge on any atom is 0.261 e. The van der Waals surface area contributed by atoms with Gasteiger partial charge >= 0.3 is 0 Å². The summed E-state index contributed by atoms with van der Waals surface area (Å²) in [4.78, 5) is 12.3. The average molecular weight is 390 g/mol. The second-order valence-electron chi connectivity index (χ2n) is 6.21. The van der Waals surface area contributed by atoms with Crippen LogP contribution in [0.15, 0.2) is 53.4 Å². The summed E-state index contributed by atoms with van der Waals surface area (Å²) in [5, 5.41) is 2.79. The van der Waals surface area contributed by atoms with Crippen molar-refractivity contribution in [2.45, 2.75) is 23.8 Å². The van der Waals surface area contributed by atoms with Gasteiger partial charge in [0, 0.05) is 24.4 Å². The highest BCUT2D eigenvalue weighted by Crippen LogP contribution is 2.20. The molecule has 1 amide bonds. The molecule has 1 heterocycles. The van der Waals surface area contributed by atoms with E-state index < -0.39 is 10.0 Å². The fraction of sp³-hybridized carbons (Fsp3) is 0.316. The molecule has 1 fully saturated rings. The van der Waals surface area contributed by atoms with Gasteiger partial charge < -0.3 is 14.8 Å². The van der Waals surface area contributed by atoms with Crippen LogP contribution in [-0.2, 0) is 14.8 Å². The minimum absolute atomic E-state index is 0.0167. The van der Waals surface area contributed by atoms with Gasteiger partial charge in [-0.25, -0.2) is 8.42 Å². The first-order valence-corrected chi connectivity index (χ1v) is 10.1. The Kier molecular flexibility index (Phi) is 5.98. The number of nitrogens with one attached hydrogen (secondary N) is 2. The molecule has 0 unspecified atom stereocenters. The Morgan fingerprint density at radius 2 is 2.00 bits per heavy atom. The largest absolute Gasteiger partial charge is 0.497 e. The first kappa shape index (κ1) is 19.2. The summed E-state index contributed by atoms with van der Waals surface area (Å²) >= 11 is 0. The first-order valence-electron chi connectivity index (χ1n) is 8.65. The lowest BCUT2D eigenvalue weighted by molar-refractivity contribution is 0.0857. The van der Waals surface area contributed by atoms with Gasteiger partial charge in [-0.3, -0.25) is 9.52 Å².